The molecule has 2 aliphatic rings. The molecule has 1 saturated heterocycles. The minimum Gasteiger partial charge on any atom is -0.348 e. The summed E-state index contributed by atoms with van der Waals surface area (Å²) in [5.41, 5.74) is 2.81. The number of hydrogen-bond donors (Lipinski definition) is 0. The lowest BCUT2D eigenvalue weighted by molar-refractivity contribution is 0.615. The van der Waals surface area contributed by atoms with Crippen LogP contribution in [0.15, 0.2) is 28.7 Å². The maximum Gasteiger partial charge on any atom is 0.0949 e. The van der Waals surface area contributed by atoms with E-state index in [1.807, 2.05) is 0 Å². The molecule has 0 aliphatic carbocycles. The Kier molecular flexibility index (Phi) is 0.924. The van der Waals surface area contributed by atoms with Crippen molar-refractivity contribution in [3.8, 4) is 0 Å². The maximum atomic E-state index is 2.36. The van der Waals surface area contributed by atoms with Crippen LogP contribution in [-0.2, 0) is 0 Å². The molecule has 0 saturated carbocycles. The molecule has 0 radical (unpaired) electrons. The van der Waals surface area contributed by atoms with Crippen molar-refractivity contribution < 1.29 is 0 Å². The van der Waals surface area contributed by atoms with Crippen molar-refractivity contribution in [2.75, 3.05) is 18.1 Å². The summed E-state index contributed by atoms with van der Waals surface area (Å²) in [4.78, 5) is 4.65. The Balaban J connectivity index is 1.92. The van der Waals surface area contributed by atoms with E-state index in [0.717, 1.165) is 6.67 Å². The van der Waals surface area contributed by atoms with Crippen molar-refractivity contribution >= 4 is 17.0 Å². The molecule has 0 unspecified atom stereocenters. The van der Waals surface area contributed by atoms with Gasteiger partial charge in [0.15, 0.2) is 0 Å². The smallest absolute Gasteiger partial charge is 0.0949 e. The zero-order valence-electron chi connectivity index (χ0n) is 6.03. The number of hydrogen-bond acceptors (Lipinski definition) is 3. The molecule has 3 heterocycles. The summed E-state index contributed by atoms with van der Waals surface area (Å²) in [6.07, 6.45) is 2.24. The second-order valence-electron chi connectivity index (χ2n) is 2.91. The van der Waals surface area contributed by atoms with Crippen LogP contribution in [0.4, 0.5) is 5.69 Å². The van der Waals surface area contributed by atoms with E-state index in [4.69, 9.17) is 0 Å². The summed E-state index contributed by atoms with van der Waals surface area (Å²) < 4.78 is 0. The van der Waals surface area contributed by atoms with Crippen molar-refractivity contribution in [2.45, 2.75) is 0 Å². The van der Waals surface area contributed by atoms with Crippen molar-refractivity contribution in [3.05, 3.63) is 28.7 Å². The number of thiophene rings is 1. The summed E-state index contributed by atoms with van der Waals surface area (Å²) in [7, 11) is 0. The first-order valence-corrected chi connectivity index (χ1v) is 4.62. The van der Waals surface area contributed by atoms with Crippen molar-refractivity contribution in [1.82, 2.24) is 4.90 Å². The van der Waals surface area contributed by atoms with Crippen LogP contribution in [0.2, 0.25) is 0 Å². The zero-order chi connectivity index (χ0) is 7.26. The quantitative estimate of drug-likeness (QED) is 0.583. The summed E-state index contributed by atoms with van der Waals surface area (Å²) in [5.74, 6) is 0. The van der Waals surface area contributed by atoms with Crippen LogP contribution in [0.1, 0.15) is 0 Å². The molecule has 2 aliphatic heterocycles. The zero-order valence-corrected chi connectivity index (χ0v) is 6.84. The predicted molar refractivity (Wildman–Crippen MR) is 46.5 cm³/mol. The van der Waals surface area contributed by atoms with Gasteiger partial charge in [0.25, 0.3) is 0 Å². The SMILES string of the molecule is C1=C2CN2CN1c1ccsc1. The van der Waals surface area contributed by atoms with E-state index < -0.39 is 0 Å². The highest BCUT2D eigenvalue weighted by Crippen LogP contribution is 2.33. The Morgan fingerprint density at radius 3 is 3.09 bits per heavy atom. The lowest BCUT2D eigenvalue weighted by atomic mass is 10.5. The van der Waals surface area contributed by atoms with Gasteiger partial charge in [-0.15, -0.1) is 0 Å². The van der Waals surface area contributed by atoms with Gasteiger partial charge in [-0.3, -0.25) is 0 Å². The van der Waals surface area contributed by atoms with Crippen LogP contribution >= 0.6 is 11.3 Å². The van der Waals surface area contributed by atoms with Crippen LogP contribution in [0.3, 0.4) is 0 Å². The molecule has 3 heteroatoms. The molecule has 1 aromatic heterocycles. The monoisotopic (exact) mass is 164 g/mol. The van der Waals surface area contributed by atoms with Crippen LogP contribution in [0.5, 0.6) is 0 Å². The molecule has 0 amide bonds. The summed E-state index contributed by atoms with van der Waals surface area (Å²) in [6.45, 7) is 2.26. The molecule has 0 bridgehead atoms. The number of anilines is 1. The highest BCUT2D eigenvalue weighted by molar-refractivity contribution is 7.08. The first-order valence-electron chi connectivity index (χ1n) is 3.68. The summed E-state index contributed by atoms with van der Waals surface area (Å²) >= 11 is 1.75. The van der Waals surface area contributed by atoms with Gasteiger partial charge in [0.05, 0.1) is 24.6 Å². The Morgan fingerprint density at radius 1 is 1.45 bits per heavy atom. The Bertz CT molecular complexity index is 302. The first kappa shape index (κ1) is 5.66. The van der Waals surface area contributed by atoms with Gasteiger partial charge in [-0.25, -0.2) is 0 Å². The second kappa shape index (κ2) is 1.80. The fraction of sp³-hybridized carbons (Fsp3) is 0.250. The lowest BCUT2D eigenvalue weighted by Gasteiger charge is -2.14. The summed E-state index contributed by atoms with van der Waals surface area (Å²) in [6, 6.07) is 2.16. The highest BCUT2D eigenvalue weighted by Gasteiger charge is 2.33. The van der Waals surface area contributed by atoms with Crippen molar-refractivity contribution in [2.24, 2.45) is 0 Å². The van der Waals surface area contributed by atoms with E-state index in [1.165, 1.54) is 17.9 Å². The maximum absolute atomic E-state index is 2.36. The van der Waals surface area contributed by atoms with Gasteiger partial charge in [-0.05, 0) is 11.4 Å². The molecule has 0 N–H and O–H groups in total. The third kappa shape index (κ3) is 0.775. The van der Waals surface area contributed by atoms with Crippen LogP contribution in [0.25, 0.3) is 0 Å². The third-order valence-electron chi connectivity index (χ3n) is 2.12. The molecule has 56 valence electrons. The lowest BCUT2D eigenvalue weighted by Crippen LogP contribution is -2.18. The Hall–Kier alpha value is -0.960. The fourth-order valence-electron chi connectivity index (χ4n) is 1.41. The van der Waals surface area contributed by atoms with Gasteiger partial charge in [0.2, 0.25) is 0 Å². The Labute approximate surface area is 69.3 Å². The van der Waals surface area contributed by atoms with Gasteiger partial charge in [-0.1, -0.05) is 0 Å². The minimum atomic E-state index is 1.06. The first-order chi connectivity index (χ1) is 5.43. The molecule has 1 fully saturated rings. The molecule has 0 atom stereocenters. The van der Waals surface area contributed by atoms with Gasteiger partial charge in [0.1, 0.15) is 0 Å². The number of nitrogens with zero attached hydrogens (tertiary/aromatic N) is 2. The highest BCUT2D eigenvalue weighted by atomic mass is 32.1. The minimum absolute atomic E-state index is 1.06. The summed E-state index contributed by atoms with van der Waals surface area (Å²) in [5, 5.41) is 4.30. The van der Waals surface area contributed by atoms with E-state index in [1.54, 1.807) is 11.3 Å². The molecular weight excluding hydrogens is 156 g/mol. The predicted octanol–water partition coefficient (Wildman–Crippen LogP) is 1.68. The number of rotatable bonds is 1. The van der Waals surface area contributed by atoms with E-state index >= 15 is 0 Å². The molecular formula is C8H8N2S. The molecule has 11 heavy (non-hydrogen) atoms. The molecule has 1 aromatic rings. The van der Waals surface area contributed by atoms with Gasteiger partial charge >= 0.3 is 0 Å². The van der Waals surface area contributed by atoms with Gasteiger partial charge in [0, 0.05) is 11.6 Å². The largest absolute Gasteiger partial charge is 0.348 e. The van der Waals surface area contributed by atoms with Crippen LogP contribution in [0, 0.1) is 0 Å². The van der Waals surface area contributed by atoms with E-state index in [0.29, 0.717) is 0 Å². The number of fused-ring (bicyclic) bond motifs is 1. The average molecular weight is 164 g/mol. The molecule has 2 nitrogen and oxygen atoms in total. The van der Waals surface area contributed by atoms with E-state index in [9.17, 15) is 0 Å². The fourth-order valence-corrected chi connectivity index (χ4v) is 2.05. The standard InChI is InChI=1S/C8H8N2S/c1-2-11-5-7(1)9-3-8-4-10(8)6-9/h1-3,5H,4,6H2. The third-order valence-corrected chi connectivity index (χ3v) is 2.79. The average Bonchev–Trinajstić information content (AvgIpc) is 2.60. The molecule has 3 rings (SSSR count). The molecule has 0 aromatic carbocycles. The van der Waals surface area contributed by atoms with Crippen molar-refractivity contribution in [3.63, 3.8) is 0 Å². The van der Waals surface area contributed by atoms with Crippen LogP contribution in [-0.4, -0.2) is 18.1 Å². The van der Waals surface area contributed by atoms with Gasteiger partial charge in [-0.2, -0.15) is 11.3 Å². The normalized spacial score (nSPS) is 20.2. The topological polar surface area (TPSA) is 6.25 Å². The van der Waals surface area contributed by atoms with E-state index in [2.05, 4.69) is 32.8 Å². The van der Waals surface area contributed by atoms with Gasteiger partial charge < -0.3 is 9.80 Å². The van der Waals surface area contributed by atoms with Crippen LogP contribution < -0.4 is 4.90 Å². The molecule has 0 spiro atoms. The Morgan fingerprint density at radius 2 is 2.45 bits per heavy atom. The second-order valence-corrected chi connectivity index (χ2v) is 3.69. The van der Waals surface area contributed by atoms with E-state index in [-0.39, 0.29) is 0 Å². The van der Waals surface area contributed by atoms with Crippen molar-refractivity contribution in [1.29, 1.82) is 0 Å².